The van der Waals surface area contributed by atoms with Crippen molar-refractivity contribution in [3.63, 3.8) is 0 Å². The molecule has 0 atom stereocenters. The van der Waals surface area contributed by atoms with Crippen LogP contribution >= 0.6 is 0 Å². The molecule has 1 fully saturated rings. The second-order valence-corrected chi connectivity index (χ2v) is 8.02. The fourth-order valence-corrected chi connectivity index (χ4v) is 4.28. The summed E-state index contributed by atoms with van der Waals surface area (Å²) in [5.41, 5.74) is 0.616. The van der Waals surface area contributed by atoms with Crippen molar-refractivity contribution in [2.75, 3.05) is 31.5 Å². The van der Waals surface area contributed by atoms with Crippen molar-refractivity contribution in [2.45, 2.75) is 38.0 Å². The average Bonchev–Trinajstić information content (AvgIpc) is 2.60. The number of benzene rings is 1. The molecular weight excluding hydrogens is 326 g/mol. The van der Waals surface area contributed by atoms with Gasteiger partial charge in [-0.05, 0) is 56.1 Å². The van der Waals surface area contributed by atoms with Crippen LogP contribution in [0.25, 0.3) is 0 Å². The first-order valence-corrected chi connectivity index (χ1v) is 10.0. The summed E-state index contributed by atoms with van der Waals surface area (Å²) in [4.78, 5) is 11.7. The van der Waals surface area contributed by atoms with Crippen molar-refractivity contribution >= 4 is 21.6 Å². The number of nitrogens with zero attached hydrogens (tertiary/aromatic N) is 1. The van der Waals surface area contributed by atoms with Crippen molar-refractivity contribution in [1.82, 2.24) is 9.62 Å². The molecular formula is C17H27N3O3S. The predicted molar refractivity (Wildman–Crippen MR) is 95.4 cm³/mol. The number of sulfonamides is 1. The third kappa shape index (κ3) is 4.78. The summed E-state index contributed by atoms with van der Waals surface area (Å²) in [6.07, 6.45) is 2.16. The van der Waals surface area contributed by atoms with E-state index in [0.29, 0.717) is 31.1 Å². The molecule has 0 radical (unpaired) electrons. The molecule has 1 heterocycles. The molecule has 1 aliphatic rings. The van der Waals surface area contributed by atoms with Crippen LogP contribution in [0.4, 0.5) is 5.69 Å². The van der Waals surface area contributed by atoms with E-state index in [1.54, 1.807) is 35.5 Å². The van der Waals surface area contributed by atoms with E-state index in [1.807, 2.05) is 0 Å². The summed E-state index contributed by atoms with van der Waals surface area (Å²) < 4.78 is 27.0. The molecule has 2 rings (SSSR count). The van der Waals surface area contributed by atoms with Crippen LogP contribution < -0.4 is 10.6 Å². The number of hydrogen-bond acceptors (Lipinski definition) is 4. The first-order chi connectivity index (χ1) is 11.5. The molecule has 6 nitrogen and oxygen atoms in total. The van der Waals surface area contributed by atoms with Crippen molar-refractivity contribution in [2.24, 2.45) is 5.92 Å². The first kappa shape index (κ1) is 18.9. The lowest BCUT2D eigenvalue weighted by Crippen LogP contribution is -2.40. The Kier molecular flexibility index (Phi) is 6.77. The van der Waals surface area contributed by atoms with Gasteiger partial charge in [0.2, 0.25) is 15.9 Å². The molecule has 0 bridgehead atoms. The van der Waals surface area contributed by atoms with E-state index in [2.05, 4.69) is 17.6 Å². The van der Waals surface area contributed by atoms with Crippen molar-refractivity contribution < 1.29 is 13.2 Å². The van der Waals surface area contributed by atoms with E-state index >= 15 is 0 Å². The maximum atomic E-state index is 12.7. The number of hydrogen-bond donors (Lipinski definition) is 2. The Bertz CT molecular complexity index is 636. The summed E-state index contributed by atoms with van der Waals surface area (Å²) in [7, 11) is -3.46. The van der Waals surface area contributed by atoms with Gasteiger partial charge in [0, 0.05) is 25.2 Å². The lowest BCUT2D eigenvalue weighted by Gasteiger charge is -2.31. The molecule has 0 saturated carbocycles. The molecule has 2 N–H and O–H groups in total. The Balaban J connectivity index is 1.99. The minimum Gasteiger partial charge on any atom is -0.326 e. The van der Waals surface area contributed by atoms with Gasteiger partial charge in [-0.15, -0.1) is 0 Å². The van der Waals surface area contributed by atoms with Gasteiger partial charge in [-0.25, -0.2) is 8.42 Å². The molecule has 1 aliphatic heterocycles. The van der Waals surface area contributed by atoms with E-state index in [9.17, 15) is 13.2 Å². The highest BCUT2D eigenvalue weighted by Gasteiger charge is 2.29. The molecule has 0 aromatic heterocycles. The quantitative estimate of drug-likeness (QED) is 0.786. The number of carbonyl (C=O) groups excluding carboxylic acids is 1. The molecule has 0 spiro atoms. The van der Waals surface area contributed by atoms with Crippen molar-refractivity contribution in [3.8, 4) is 0 Å². The molecule has 1 aromatic rings. The van der Waals surface area contributed by atoms with E-state index in [4.69, 9.17) is 0 Å². The molecule has 0 aliphatic carbocycles. The summed E-state index contributed by atoms with van der Waals surface area (Å²) in [6.45, 7) is 6.87. The summed E-state index contributed by atoms with van der Waals surface area (Å²) in [6, 6.07) is 6.40. The normalized spacial score (nSPS) is 16.9. The lowest BCUT2D eigenvalue weighted by molar-refractivity contribution is -0.115. The van der Waals surface area contributed by atoms with E-state index in [-0.39, 0.29) is 10.8 Å². The van der Waals surface area contributed by atoms with Crippen LogP contribution in [0.1, 0.15) is 33.1 Å². The molecule has 7 heteroatoms. The van der Waals surface area contributed by atoms with Gasteiger partial charge in [0.05, 0.1) is 4.90 Å². The zero-order chi connectivity index (χ0) is 17.6. The Labute approximate surface area is 144 Å². The first-order valence-electron chi connectivity index (χ1n) is 8.58. The second-order valence-electron chi connectivity index (χ2n) is 6.08. The number of anilines is 1. The largest absolute Gasteiger partial charge is 0.326 e. The average molecular weight is 353 g/mol. The standard InChI is InChI=1S/C17H27N3O3S/c1-3-17(21)19-15-5-7-16(8-6-15)24(22,23)20-11-9-14(10-12-20)13-18-4-2/h5-8,14,18H,3-4,9-13H2,1-2H3,(H,19,21). The SMILES string of the molecule is CCNCC1CCN(S(=O)(=O)c2ccc(NC(=O)CC)cc2)CC1. The van der Waals surface area contributed by atoms with Gasteiger partial charge in [0.25, 0.3) is 0 Å². The van der Waals surface area contributed by atoms with Gasteiger partial charge in [0.15, 0.2) is 0 Å². The van der Waals surface area contributed by atoms with Crippen LogP contribution in [0.3, 0.4) is 0 Å². The highest BCUT2D eigenvalue weighted by molar-refractivity contribution is 7.89. The Morgan fingerprint density at radius 3 is 2.33 bits per heavy atom. The zero-order valence-electron chi connectivity index (χ0n) is 14.4. The van der Waals surface area contributed by atoms with E-state index < -0.39 is 10.0 Å². The third-order valence-corrected chi connectivity index (χ3v) is 6.27. The molecule has 24 heavy (non-hydrogen) atoms. The third-order valence-electron chi connectivity index (χ3n) is 4.35. The summed E-state index contributed by atoms with van der Waals surface area (Å²) in [5, 5.41) is 6.05. The molecule has 1 aromatic carbocycles. The maximum absolute atomic E-state index is 12.7. The summed E-state index contributed by atoms with van der Waals surface area (Å²) in [5.74, 6) is 0.455. The van der Waals surface area contributed by atoms with Gasteiger partial charge >= 0.3 is 0 Å². The number of amides is 1. The topological polar surface area (TPSA) is 78.5 Å². The van der Waals surface area contributed by atoms with Gasteiger partial charge in [-0.2, -0.15) is 4.31 Å². The van der Waals surface area contributed by atoms with Crippen molar-refractivity contribution in [3.05, 3.63) is 24.3 Å². The summed E-state index contributed by atoms with van der Waals surface area (Å²) >= 11 is 0. The van der Waals surface area contributed by atoms with Crippen LogP contribution in [-0.2, 0) is 14.8 Å². The van der Waals surface area contributed by atoms with E-state index in [1.165, 1.54) is 0 Å². The molecule has 1 saturated heterocycles. The Morgan fingerprint density at radius 1 is 1.17 bits per heavy atom. The van der Waals surface area contributed by atoms with E-state index in [0.717, 1.165) is 25.9 Å². The molecule has 134 valence electrons. The molecule has 1 amide bonds. The van der Waals surface area contributed by atoms with Crippen molar-refractivity contribution in [1.29, 1.82) is 0 Å². The number of piperidine rings is 1. The Hall–Kier alpha value is -1.44. The number of rotatable bonds is 7. The maximum Gasteiger partial charge on any atom is 0.243 e. The number of nitrogens with one attached hydrogen (secondary N) is 2. The van der Waals surface area contributed by atoms with Gasteiger partial charge in [0.1, 0.15) is 0 Å². The zero-order valence-corrected chi connectivity index (χ0v) is 15.2. The minimum absolute atomic E-state index is 0.0895. The highest BCUT2D eigenvalue weighted by Crippen LogP contribution is 2.24. The fourth-order valence-electron chi connectivity index (χ4n) is 2.81. The lowest BCUT2D eigenvalue weighted by atomic mass is 9.98. The van der Waals surface area contributed by atoms with Crippen LogP contribution in [0.2, 0.25) is 0 Å². The van der Waals surface area contributed by atoms with Crippen LogP contribution in [0.5, 0.6) is 0 Å². The van der Waals surface area contributed by atoms with Gasteiger partial charge in [-0.1, -0.05) is 13.8 Å². The predicted octanol–water partition coefficient (Wildman–Crippen LogP) is 2.05. The minimum atomic E-state index is -3.46. The smallest absolute Gasteiger partial charge is 0.243 e. The second kappa shape index (κ2) is 8.60. The fraction of sp³-hybridized carbons (Fsp3) is 0.588. The molecule has 0 unspecified atom stereocenters. The van der Waals surface area contributed by atoms with Gasteiger partial charge < -0.3 is 10.6 Å². The monoisotopic (exact) mass is 353 g/mol. The highest BCUT2D eigenvalue weighted by atomic mass is 32.2. The van der Waals surface area contributed by atoms with Gasteiger partial charge in [-0.3, -0.25) is 4.79 Å². The van der Waals surface area contributed by atoms with Crippen LogP contribution in [0, 0.1) is 5.92 Å². The van der Waals surface area contributed by atoms with Crippen LogP contribution in [0.15, 0.2) is 29.2 Å². The number of carbonyl (C=O) groups is 1. The Morgan fingerprint density at radius 2 is 1.79 bits per heavy atom. The van der Waals surface area contributed by atoms with Crippen LogP contribution in [-0.4, -0.2) is 44.8 Å².